The largest absolute Gasteiger partial charge is 0.464 e. The molecule has 1 fully saturated rings. The predicted molar refractivity (Wildman–Crippen MR) is 81.3 cm³/mol. The van der Waals surface area contributed by atoms with E-state index in [0.29, 0.717) is 12.5 Å². The maximum atomic E-state index is 12.4. The van der Waals surface area contributed by atoms with E-state index < -0.39 is 6.09 Å². The Bertz CT molecular complexity index is 526. The SMILES string of the molecule is CCc1ccc(C2CC(C)CCN2C(=O)CNC(=O)OC)o1. The van der Waals surface area contributed by atoms with Crippen molar-refractivity contribution in [3.63, 3.8) is 0 Å². The Kier molecular flexibility index (Phi) is 5.46. The number of carbonyl (C=O) groups is 2. The normalized spacial score (nSPS) is 21.5. The van der Waals surface area contributed by atoms with Gasteiger partial charge < -0.3 is 19.4 Å². The summed E-state index contributed by atoms with van der Waals surface area (Å²) in [5, 5.41) is 2.45. The van der Waals surface area contributed by atoms with Crippen LogP contribution in [0.5, 0.6) is 0 Å². The fourth-order valence-corrected chi connectivity index (χ4v) is 2.79. The van der Waals surface area contributed by atoms with Crippen molar-refractivity contribution in [2.45, 2.75) is 39.2 Å². The Balaban J connectivity index is 2.09. The van der Waals surface area contributed by atoms with Crippen molar-refractivity contribution in [2.75, 3.05) is 20.2 Å². The number of nitrogens with zero attached hydrogens (tertiary/aromatic N) is 1. The highest BCUT2D eigenvalue weighted by atomic mass is 16.5. The van der Waals surface area contributed by atoms with Gasteiger partial charge in [-0.25, -0.2) is 4.79 Å². The van der Waals surface area contributed by atoms with Crippen molar-refractivity contribution in [1.82, 2.24) is 10.2 Å². The quantitative estimate of drug-likeness (QED) is 0.927. The second kappa shape index (κ2) is 7.33. The highest BCUT2D eigenvalue weighted by Gasteiger charge is 2.32. The minimum absolute atomic E-state index is 0.0566. The van der Waals surface area contributed by atoms with Gasteiger partial charge in [0.05, 0.1) is 13.2 Å². The molecule has 2 heterocycles. The number of furan rings is 1. The first kappa shape index (κ1) is 16.4. The lowest BCUT2D eigenvalue weighted by Crippen LogP contribution is -2.45. The number of amides is 2. The van der Waals surface area contributed by atoms with Crippen molar-refractivity contribution in [3.8, 4) is 0 Å². The molecule has 1 aliphatic heterocycles. The number of aryl methyl sites for hydroxylation is 1. The van der Waals surface area contributed by atoms with Gasteiger partial charge in [-0.05, 0) is 30.9 Å². The molecule has 1 saturated heterocycles. The maximum absolute atomic E-state index is 12.4. The van der Waals surface area contributed by atoms with E-state index in [2.05, 4.69) is 17.0 Å². The number of methoxy groups -OCH3 is 1. The Morgan fingerprint density at radius 3 is 2.86 bits per heavy atom. The number of hydrogen-bond donors (Lipinski definition) is 1. The number of ether oxygens (including phenoxy) is 1. The summed E-state index contributed by atoms with van der Waals surface area (Å²) in [5.41, 5.74) is 0. The third-order valence-electron chi connectivity index (χ3n) is 4.11. The van der Waals surface area contributed by atoms with E-state index in [9.17, 15) is 9.59 Å². The maximum Gasteiger partial charge on any atom is 0.407 e. The molecule has 6 nitrogen and oxygen atoms in total. The fraction of sp³-hybridized carbons (Fsp3) is 0.625. The van der Waals surface area contributed by atoms with Crippen LogP contribution in [-0.4, -0.2) is 37.1 Å². The molecule has 0 aromatic carbocycles. The minimum atomic E-state index is -0.596. The van der Waals surface area contributed by atoms with Gasteiger partial charge in [0, 0.05) is 13.0 Å². The number of piperidine rings is 1. The standard InChI is InChI=1S/C16H24N2O4/c1-4-12-5-6-14(22-12)13-9-11(2)7-8-18(13)15(19)10-17-16(20)21-3/h5-6,11,13H,4,7-10H2,1-3H3,(H,17,20). The molecule has 22 heavy (non-hydrogen) atoms. The van der Waals surface area contributed by atoms with Gasteiger partial charge in [-0.15, -0.1) is 0 Å². The van der Waals surface area contributed by atoms with Crippen LogP contribution in [0.1, 0.15) is 44.3 Å². The summed E-state index contributed by atoms with van der Waals surface area (Å²) in [6.07, 6.45) is 2.07. The number of alkyl carbamates (subject to hydrolysis) is 1. The summed E-state index contributed by atoms with van der Waals surface area (Å²) in [6, 6.07) is 3.86. The van der Waals surface area contributed by atoms with Crippen molar-refractivity contribution in [1.29, 1.82) is 0 Å². The van der Waals surface area contributed by atoms with Crippen LogP contribution < -0.4 is 5.32 Å². The van der Waals surface area contributed by atoms with Gasteiger partial charge in [0.25, 0.3) is 0 Å². The molecule has 0 radical (unpaired) electrons. The van der Waals surface area contributed by atoms with Gasteiger partial charge in [0.1, 0.15) is 18.1 Å². The molecule has 1 N–H and O–H groups in total. The molecular formula is C16H24N2O4. The second-order valence-electron chi connectivity index (χ2n) is 5.74. The Labute approximate surface area is 130 Å². The molecule has 0 bridgehead atoms. The summed E-state index contributed by atoms with van der Waals surface area (Å²) in [4.78, 5) is 25.3. The van der Waals surface area contributed by atoms with Crippen molar-refractivity contribution < 1.29 is 18.7 Å². The topological polar surface area (TPSA) is 71.8 Å². The molecule has 0 aliphatic carbocycles. The number of rotatable bonds is 4. The lowest BCUT2D eigenvalue weighted by atomic mass is 9.91. The number of likely N-dealkylation sites (tertiary alicyclic amines) is 1. The Morgan fingerprint density at radius 2 is 2.23 bits per heavy atom. The highest BCUT2D eigenvalue weighted by Crippen LogP contribution is 2.34. The van der Waals surface area contributed by atoms with E-state index in [1.165, 1.54) is 7.11 Å². The summed E-state index contributed by atoms with van der Waals surface area (Å²) in [5.74, 6) is 2.18. The van der Waals surface area contributed by atoms with Crippen molar-refractivity contribution >= 4 is 12.0 Å². The van der Waals surface area contributed by atoms with Crippen LogP contribution >= 0.6 is 0 Å². The van der Waals surface area contributed by atoms with Crippen LogP contribution in [0.4, 0.5) is 4.79 Å². The average Bonchev–Trinajstić information content (AvgIpc) is 3.01. The third kappa shape index (κ3) is 3.81. The van der Waals surface area contributed by atoms with Gasteiger partial charge in [0.15, 0.2) is 0 Å². The van der Waals surface area contributed by atoms with Crippen LogP contribution in [0.15, 0.2) is 16.5 Å². The molecule has 0 saturated carbocycles. The first-order valence-electron chi connectivity index (χ1n) is 7.75. The zero-order chi connectivity index (χ0) is 16.1. The van der Waals surface area contributed by atoms with E-state index in [1.54, 1.807) is 4.90 Å². The fourth-order valence-electron chi connectivity index (χ4n) is 2.79. The van der Waals surface area contributed by atoms with Crippen LogP contribution in [0.3, 0.4) is 0 Å². The first-order valence-corrected chi connectivity index (χ1v) is 7.75. The van der Waals surface area contributed by atoms with Gasteiger partial charge in [-0.1, -0.05) is 13.8 Å². The van der Waals surface area contributed by atoms with E-state index in [-0.39, 0.29) is 18.5 Å². The van der Waals surface area contributed by atoms with Gasteiger partial charge >= 0.3 is 6.09 Å². The number of nitrogens with one attached hydrogen (secondary N) is 1. The molecule has 1 aromatic rings. The van der Waals surface area contributed by atoms with Crippen molar-refractivity contribution in [2.24, 2.45) is 5.92 Å². The molecule has 0 spiro atoms. The predicted octanol–water partition coefficient (Wildman–Crippen LogP) is 2.50. The Morgan fingerprint density at radius 1 is 1.45 bits per heavy atom. The summed E-state index contributed by atoms with van der Waals surface area (Å²) in [7, 11) is 1.28. The monoisotopic (exact) mass is 308 g/mol. The summed E-state index contributed by atoms with van der Waals surface area (Å²) in [6.45, 7) is 4.84. The third-order valence-corrected chi connectivity index (χ3v) is 4.11. The first-order chi connectivity index (χ1) is 10.5. The van der Waals surface area contributed by atoms with E-state index >= 15 is 0 Å². The second-order valence-corrected chi connectivity index (χ2v) is 5.74. The number of carbonyl (C=O) groups excluding carboxylic acids is 2. The Hall–Kier alpha value is -1.98. The zero-order valence-electron chi connectivity index (χ0n) is 13.4. The average molecular weight is 308 g/mol. The van der Waals surface area contributed by atoms with Crippen LogP contribution in [0, 0.1) is 5.92 Å². The summed E-state index contributed by atoms with van der Waals surface area (Å²) < 4.78 is 10.3. The lowest BCUT2D eigenvalue weighted by Gasteiger charge is -2.37. The zero-order valence-corrected chi connectivity index (χ0v) is 13.4. The van der Waals surface area contributed by atoms with Gasteiger partial charge in [-0.3, -0.25) is 4.79 Å². The molecule has 2 amide bonds. The van der Waals surface area contributed by atoms with E-state index in [1.807, 2.05) is 19.1 Å². The van der Waals surface area contributed by atoms with Crippen molar-refractivity contribution in [3.05, 3.63) is 23.7 Å². The smallest absolute Gasteiger partial charge is 0.407 e. The minimum Gasteiger partial charge on any atom is -0.464 e. The molecule has 2 unspecified atom stereocenters. The highest BCUT2D eigenvalue weighted by molar-refractivity contribution is 5.82. The van der Waals surface area contributed by atoms with Gasteiger partial charge in [0.2, 0.25) is 5.91 Å². The lowest BCUT2D eigenvalue weighted by molar-refractivity contribution is -0.135. The summed E-state index contributed by atoms with van der Waals surface area (Å²) >= 11 is 0. The van der Waals surface area contributed by atoms with Crippen LogP contribution in [0.2, 0.25) is 0 Å². The molecule has 122 valence electrons. The molecule has 6 heteroatoms. The van der Waals surface area contributed by atoms with Gasteiger partial charge in [-0.2, -0.15) is 0 Å². The van der Waals surface area contributed by atoms with E-state index in [0.717, 1.165) is 30.8 Å². The number of hydrogen-bond acceptors (Lipinski definition) is 4. The molecule has 1 aromatic heterocycles. The van der Waals surface area contributed by atoms with Crippen LogP contribution in [-0.2, 0) is 16.0 Å². The molecule has 2 rings (SSSR count). The molecule has 2 atom stereocenters. The molecule has 1 aliphatic rings. The van der Waals surface area contributed by atoms with Crippen LogP contribution in [0.25, 0.3) is 0 Å². The van der Waals surface area contributed by atoms with E-state index in [4.69, 9.17) is 4.42 Å². The molecular weight excluding hydrogens is 284 g/mol.